The minimum Gasteiger partial charge on any atom is -0.478 e. The summed E-state index contributed by atoms with van der Waals surface area (Å²) in [5, 5.41) is 11.6. The van der Waals surface area contributed by atoms with Crippen LogP contribution in [-0.2, 0) is 4.79 Å². The summed E-state index contributed by atoms with van der Waals surface area (Å²) in [5.41, 5.74) is 1.65. The molecule has 0 radical (unpaired) electrons. The first kappa shape index (κ1) is 15.3. The highest BCUT2D eigenvalue weighted by Crippen LogP contribution is 2.51. The van der Waals surface area contributed by atoms with Crippen LogP contribution in [0.3, 0.4) is 0 Å². The van der Waals surface area contributed by atoms with Crippen LogP contribution in [0.5, 0.6) is 0 Å². The van der Waals surface area contributed by atoms with Crippen LogP contribution in [0.25, 0.3) is 6.08 Å². The number of hydrogen-bond donors (Lipinski definition) is 2. The van der Waals surface area contributed by atoms with Crippen molar-refractivity contribution in [3.63, 3.8) is 0 Å². The second-order valence-electron chi connectivity index (χ2n) is 5.99. The van der Waals surface area contributed by atoms with Gasteiger partial charge in [-0.15, -0.1) is 0 Å². The standard InChI is InChI=1S/C17H21NO3/c1-12(2)17(9-10-17)11-18-16(21)14-6-3-13(4-7-14)5-8-15(19)20/h3-8,12H,9-11H2,1-2H3,(H,18,21)(H,19,20)/b8-5+. The fraction of sp³-hybridized carbons (Fsp3) is 0.412. The monoisotopic (exact) mass is 287 g/mol. The van der Waals surface area contributed by atoms with Gasteiger partial charge in [-0.25, -0.2) is 4.79 Å². The van der Waals surface area contributed by atoms with Crippen molar-refractivity contribution in [2.24, 2.45) is 11.3 Å². The molecule has 0 bridgehead atoms. The fourth-order valence-electron chi connectivity index (χ4n) is 2.39. The predicted octanol–water partition coefficient (Wildman–Crippen LogP) is 2.95. The second-order valence-corrected chi connectivity index (χ2v) is 5.99. The van der Waals surface area contributed by atoms with E-state index in [1.807, 2.05) is 0 Å². The lowest BCUT2D eigenvalue weighted by Crippen LogP contribution is -2.32. The summed E-state index contributed by atoms with van der Waals surface area (Å²) in [6.45, 7) is 5.12. The van der Waals surface area contributed by atoms with E-state index in [1.54, 1.807) is 24.3 Å². The molecule has 2 N–H and O–H groups in total. The highest BCUT2D eigenvalue weighted by atomic mass is 16.4. The number of aliphatic carboxylic acids is 1. The molecule has 1 amide bonds. The number of nitrogens with one attached hydrogen (secondary N) is 1. The Balaban J connectivity index is 1.92. The zero-order valence-electron chi connectivity index (χ0n) is 12.4. The summed E-state index contributed by atoms with van der Waals surface area (Å²) in [6, 6.07) is 6.91. The van der Waals surface area contributed by atoms with Crippen molar-refractivity contribution in [1.82, 2.24) is 5.32 Å². The molecule has 21 heavy (non-hydrogen) atoms. The minimum absolute atomic E-state index is 0.0734. The quantitative estimate of drug-likeness (QED) is 0.790. The lowest BCUT2D eigenvalue weighted by Gasteiger charge is -2.20. The maximum atomic E-state index is 12.1. The molecule has 0 aliphatic heterocycles. The zero-order chi connectivity index (χ0) is 15.5. The lowest BCUT2D eigenvalue weighted by atomic mass is 9.92. The van der Waals surface area contributed by atoms with Gasteiger partial charge in [0, 0.05) is 18.2 Å². The molecule has 0 saturated heterocycles. The first-order valence-corrected chi connectivity index (χ1v) is 7.22. The molecule has 4 heteroatoms. The summed E-state index contributed by atoms with van der Waals surface area (Å²) in [6.07, 6.45) is 4.95. The second kappa shape index (κ2) is 6.12. The van der Waals surface area contributed by atoms with Crippen molar-refractivity contribution in [3.05, 3.63) is 41.5 Å². The van der Waals surface area contributed by atoms with Crippen molar-refractivity contribution in [2.75, 3.05) is 6.54 Å². The largest absolute Gasteiger partial charge is 0.478 e. The van der Waals surface area contributed by atoms with Gasteiger partial charge in [-0.3, -0.25) is 4.79 Å². The molecule has 0 atom stereocenters. The Morgan fingerprint density at radius 2 is 1.90 bits per heavy atom. The van der Waals surface area contributed by atoms with E-state index >= 15 is 0 Å². The SMILES string of the molecule is CC(C)C1(CNC(=O)c2ccc(/C=C/C(=O)O)cc2)CC1. The Morgan fingerprint density at radius 1 is 1.29 bits per heavy atom. The van der Waals surface area contributed by atoms with E-state index in [9.17, 15) is 9.59 Å². The van der Waals surface area contributed by atoms with E-state index in [-0.39, 0.29) is 5.91 Å². The number of carbonyl (C=O) groups is 2. The molecule has 1 aliphatic rings. The highest BCUT2D eigenvalue weighted by molar-refractivity contribution is 5.94. The third-order valence-electron chi connectivity index (χ3n) is 4.31. The number of benzene rings is 1. The zero-order valence-corrected chi connectivity index (χ0v) is 12.4. The summed E-state index contributed by atoms with van der Waals surface area (Å²) in [5.74, 6) is -0.475. The van der Waals surface area contributed by atoms with Gasteiger partial charge in [-0.1, -0.05) is 26.0 Å². The lowest BCUT2D eigenvalue weighted by molar-refractivity contribution is -0.131. The van der Waals surface area contributed by atoms with Crippen LogP contribution in [0.2, 0.25) is 0 Å². The molecular weight excluding hydrogens is 266 g/mol. The minimum atomic E-state index is -0.986. The first-order valence-electron chi connectivity index (χ1n) is 7.22. The van der Waals surface area contributed by atoms with E-state index in [0.717, 1.165) is 18.2 Å². The van der Waals surface area contributed by atoms with Crippen molar-refractivity contribution < 1.29 is 14.7 Å². The maximum Gasteiger partial charge on any atom is 0.328 e. The van der Waals surface area contributed by atoms with Crippen LogP contribution in [0.15, 0.2) is 30.3 Å². The topological polar surface area (TPSA) is 66.4 Å². The molecule has 0 spiro atoms. The molecule has 2 rings (SSSR count). The van der Waals surface area contributed by atoms with Crippen LogP contribution < -0.4 is 5.32 Å². The van der Waals surface area contributed by atoms with Crippen LogP contribution in [0, 0.1) is 11.3 Å². The van der Waals surface area contributed by atoms with Crippen LogP contribution >= 0.6 is 0 Å². The molecule has 1 aromatic carbocycles. The van der Waals surface area contributed by atoms with Gasteiger partial charge in [0.2, 0.25) is 0 Å². The number of amides is 1. The first-order chi connectivity index (χ1) is 9.93. The number of rotatable bonds is 6. The van der Waals surface area contributed by atoms with Gasteiger partial charge in [0.15, 0.2) is 0 Å². The van der Waals surface area contributed by atoms with Gasteiger partial charge in [0.1, 0.15) is 0 Å². The molecule has 1 aromatic rings. The Labute approximate surface area is 124 Å². The molecular formula is C17H21NO3. The van der Waals surface area contributed by atoms with Gasteiger partial charge in [0.25, 0.3) is 5.91 Å². The van der Waals surface area contributed by atoms with Crippen molar-refractivity contribution in [2.45, 2.75) is 26.7 Å². The fourth-order valence-corrected chi connectivity index (χ4v) is 2.39. The summed E-state index contributed by atoms with van der Waals surface area (Å²) >= 11 is 0. The normalized spacial score (nSPS) is 16.1. The summed E-state index contributed by atoms with van der Waals surface area (Å²) in [7, 11) is 0. The van der Waals surface area contributed by atoms with Crippen LogP contribution in [-0.4, -0.2) is 23.5 Å². The maximum absolute atomic E-state index is 12.1. The molecule has 0 aromatic heterocycles. The van der Waals surface area contributed by atoms with Crippen LogP contribution in [0.1, 0.15) is 42.6 Å². The van der Waals surface area contributed by atoms with Gasteiger partial charge in [-0.2, -0.15) is 0 Å². The van der Waals surface area contributed by atoms with E-state index in [1.165, 1.54) is 18.9 Å². The van der Waals surface area contributed by atoms with E-state index in [2.05, 4.69) is 19.2 Å². The van der Waals surface area contributed by atoms with E-state index in [0.29, 0.717) is 16.9 Å². The summed E-state index contributed by atoms with van der Waals surface area (Å²) < 4.78 is 0. The molecule has 1 fully saturated rings. The Morgan fingerprint density at radius 3 is 2.38 bits per heavy atom. The van der Waals surface area contributed by atoms with Gasteiger partial charge < -0.3 is 10.4 Å². The molecule has 0 heterocycles. The molecule has 1 saturated carbocycles. The Kier molecular flexibility index (Phi) is 4.46. The molecule has 1 aliphatic carbocycles. The average molecular weight is 287 g/mol. The molecule has 4 nitrogen and oxygen atoms in total. The van der Waals surface area contributed by atoms with Gasteiger partial charge >= 0.3 is 5.97 Å². The van der Waals surface area contributed by atoms with Gasteiger partial charge in [-0.05, 0) is 47.9 Å². The molecule has 0 unspecified atom stereocenters. The van der Waals surface area contributed by atoms with Crippen molar-refractivity contribution >= 4 is 18.0 Å². The van der Waals surface area contributed by atoms with Gasteiger partial charge in [0.05, 0.1) is 0 Å². The highest BCUT2D eigenvalue weighted by Gasteiger charge is 2.45. The number of carbonyl (C=O) groups excluding carboxylic acids is 1. The third kappa shape index (κ3) is 3.94. The van der Waals surface area contributed by atoms with E-state index in [4.69, 9.17) is 5.11 Å². The Hall–Kier alpha value is -2.10. The molecule has 112 valence electrons. The Bertz CT molecular complexity index is 554. The van der Waals surface area contributed by atoms with Crippen molar-refractivity contribution in [3.8, 4) is 0 Å². The van der Waals surface area contributed by atoms with E-state index < -0.39 is 5.97 Å². The third-order valence-corrected chi connectivity index (χ3v) is 4.31. The predicted molar refractivity (Wildman–Crippen MR) is 82.0 cm³/mol. The smallest absolute Gasteiger partial charge is 0.328 e. The van der Waals surface area contributed by atoms with Crippen LogP contribution in [0.4, 0.5) is 0 Å². The summed E-state index contributed by atoms with van der Waals surface area (Å²) in [4.78, 5) is 22.5. The number of carboxylic acid groups (broad SMARTS) is 1. The number of hydrogen-bond acceptors (Lipinski definition) is 2. The number of carboxylic acids is 1. The van der Waals surface area contributed by atoms with Crippen molar-refractivity contribution in [1.29, 1.82) is 0 Å². The average Bonchev–Trinajstić information content (AvgIpc) is 3.24.